The number of methoxy groups -OCH3 is 3. The van der Waals surface area contributed by atoms with E-state index in [9.17, 15) is 14.4 Å². The van der Waals surface area contributed by atoms with Crippen LogP contribution in [0.2, 0.25) is 0 Å². The average molecular weight is 509 g/mol. The predicted octanol–water partition coefficient (Wildman–Crippen LogP) is 3.68. The zero-order chi connectivity index (χ0) is 25.8. The number of hydrogen-bond acceptors (Lipinski definition) is 8. The summed E-state index contributed by atoms with van der Waals surface area (Å²) in [5, 5.41) is 5.84. The fourth-order valence-electron chi connectivity index (χ4n) is 3.66. The normalized spacial score (nSPS) is 10.7. The second-order valence-electron chi connectivity index (χ2n) is 7.68. The second kappa shape index (κ2) is 10.5. The summed E-state index contributed by atoms with van der Waals surface area (Å²) in [7, 11) is 4.53. The number of thiophene rings is 1. The Hall–Kier alpha value is -4.38. The van der Waals surface area contributed by atoms with Crippen LogP contribution in [0.15, 0.2) is 53.6 Å². The van der Waals surface area contributed by atoms with Gasteiger partial charge < -0.3 is 24.8 Å². The Morgan fingerprint density at radius 1 is 0.972 bits per heavy atom. The quantitative estimate of drug-likeness (QED) is 0.372. The highest BCUT2D eigenvalue weighted by molar-refractivity contribution is 7.20. The molecule has 0 aliphatic carbocycles. The van der Waals surface area contributed by atoms with Crippen LogP contribution in [0.1, 0.15) is 15.2 Å². The number of nitrogens with zero attached hydrogens (tertiary/aromatic N) is 2. The van der Waals surface area contributed by atoms with E-state index >= 15 is 0 Å². The summed E-state index contributed by atoms with van der Waals surface area (Å²) in [6.45, 7) is 1.43. The van der Waals surface area contributed by atoms with Gasteiger partial charge in [-0.15, -0.1) is 11.3 Å². The van der Waals surface area contributed by atoms with Crippen LogP contribution in [0.25, 0.3) is 10.2 Å². The van der Waals surface area contributed by atoms with Gasteiger partial charge in [-0.2, -0.15) is 0 Å². The predicted molar refractivity (Wildman–Crippen MR) is 138 cm³/mol. The summed E-state index contributed by atoms with van der Waals surface area (Å²) >= 11 is 1.10. The topological polar surface area (TPSA) is 121 Å². The van der Waals surface area contributed by atoms with Gasteiger partial charge in [0.2, 0.25) is 5.91 Å². The molecular weight excluding hydrogens is 484 g/mol. The lowest BCUT2D eigenvalue weighted by Crippen LogP contribution is -2.28. The van der Waals surface area contributed by atoms with E-state index in [0.29, 0.717) is 49.3 Å². The molecule has 186 valence electrons. The first kappa shape index (κ1) is 24.7. The van der Waals surface area contributed by atoms with E-state index in [1.807, 2.05) is 0 Å². The maximum atomic E-state index is 13.2. The number of fused-ring (bicyclic) bond motifs is 1. The number of nitrogens with one attached hydrogen (secondary N) is 2. The minimum absolute atomic E-state index is 0.250. The molecule has 0 spiro atoms. The number of amides is 2. The number of aromatic nitrogens is 2. The molecule has 0 unspecified atom stereocenters. The molecule has 2 N–H and O–H groups in total. The molecule has 0 aliphatic heterocycles. The van der Waals surface area contributed by atoms with Crippen molar-refractivity contribution in [2.75, 3.05) is 32.0 Å². The number of rotatable bonds is 8. The van der Waals surface area contributed by atoms with Gasteiger partial charge in [-0.05, 0) is 36.8 Å². The third kappa shape index (κ3) is 4.86. The summed E-state index contributed by atoms with van der Waals surface area (Å²) in [6, 6.07) is 12.0. The van der Waals surface area contributed by atoms with Crippen molar-refractivity contribution in [3.63, 3.8) is 0 Å². The van der Waals surface area contributed by atoms with Crippen molar-refractivity contribution in [2.24, 2.45) is 0 Å². The van der Waals surface area contributed by atoms with Crippen LogP contribution in [-0.4, -0.2) is 42.7 Å². The van der Waals surface area contributed by atoms with Crippen LogP contribution in [0.4, 0.5) is 11.4 Å². The lowest BCUT2D eigenvalue weighted by molar-refractivity contribution is -0.116. The first-order valence-corrected chi connectivity index (χ1v) is 11.6. The molecule has 2 amide bonds. The number of benzene rings is 2. The van der Waals surface area contributed by atoms with Gasteiger partial charge in [0.15, 0.2) is 0 Å². The smallest absolute Gasteiger partial charge is 0.266 e. The van der Waals surface area contributed by atoms with Gasteiger partial charge in [-0.25, -0.2) is 4.98 Å². The maximum Gasteiger partial charge on any atom is 0.266 e. The molecule has 0 bridgehead atoms. The molecular formula is C25H24N4O6S. The monoisotopic (exact) mass is 508 g/mol. The minimum Gasteiger partial charge on any atom is -0.497 e. The van der Waals surface area contributed by atoms with E-state index in [-0.39, 0.29) is 6.54 Å². The molecule has 2 aromatic heterocycles. The fraction of sp³-hybridized carbons (Fsp3) is 0.200. The van der Waals surface area contributed by atoms with Crippen molar-refractivity contribution in [1.82, 2.24) is 9.55 Å². The Morgan fingerprint density at radius 3 is 2.42 bits per heavy atom. The van der Waals surface area contributed by atoms with E-state index < -0.39 is 17.4 Å². The third-order valence-corrected chi connectivity index (χ3v) is 6.67. The van der Waals surface area contributed by atoms with Gasteiger partial charge in [-0.1, -0.05) is 12.1 Å². The molecule has 0 aliphatic rings. The van der Waals surface area contributed by atoms with E-state index in [4.69, 9.17) is 14.2 Å². The molecule has 0 fully saturated rings. The molecule has 0 saturated carbocycles. The van der Waals surface area contributed by atoms with Crippen molar-refractivity contribution in [1.29, 1.82) is 0 Å². The molecule has 0 atom stereocenters. The van der Waals surface area contributed by atoms with E-state index in [2.05, 4.69) is 15.6 Å². The minimum atomic E-state index is -0.416. The molecule has 4 aromatic rings. The van der Waals surface area contributed by atoms with Crippen LogP contribution in [-0.2, 0) is 11.3 Å². The lowest BCUT2D eigenvalue weighted by atomic mass is 10.2. The second-order valence-corrected chi connectivity index (χ2v) is 8.68. The molecule has 2 heterocycles. The van der Waals surface area contributed by atoms with Gasteiger partial charge in [0.05, 0.1) is 49.3 Å². The summed E-state index contributed by atoms with van der Waals surface area (Å²) in [5.74, 6) is 0.703. The molecule has 11 heteroatoms. The van der Waals surface area contributed by atoms with E-state index in [1.54, 1.807) is 49.4 Å². The molecule has 10 nitrogen and oxygen atoms in total. The maximum absolute atomic E-state index is 13.2. The van der Waals surface area contributed by atoms with Crippen molar-refractivity contribution in [3.05, 3.63) is 69.6 Å². The van der Waals surface area contributed by atoms with Gasteiger partial charge in [-0.3, -0.25) is 19.0 Å². The average Bonchev–Trinajstić information content (AvgIpc) is 3.23. The number of carbonyl (C=O) groups is 2. The largest absolute Gasteiger partial charge is 0.497 e. The highest BCUT2D eigenvalue weighted by atomic mass is 32.1. The van der Waals surface area contributed by atoms with E-state index in [0.717, 1.165) is 11.3 Å². The zero-order valence-electron chi connectivity index (χ0n) is 20.1. The number of ether oxygens (including phenoxy) is 3. The Kier molecular flexibility index (Phi) is 7.20. The standard InChI is InChI=1S/C25H24N4O6S/c1-14-21-24(36-22(14)23(31)28-17-10-9-15(33-2)11-19(17)35-4)26-13-29(25(21)32)12-20(30)27-16-7-5-6-8-18(16)34-3/h5-11,13H,12H2,1-4H3,(H,27,30)(H,28,31). The first-order valence-electron chi connectivity index (χ1n) is 10.8. The number of anilines is 2. The lowest BCUT2D eigenvalue weighted by Gasteiger charge is -2.11. The Balaban J connectivity index is 1.58. The Labute approximate surface area is 210 Å². The molecule has 0 saturated heterocycles. The van der Waals surface area contributed by atoms with Gasteiger partial charge in [0.25, 0.3) is 11.5 Å². The zero-order valence-corrected chi connectivity index (χ0v) is 20.9. The summed E-state index contributed by atoms with van der Waals surface area (Å²) in [5.41, 5.74) is 1.02. The molecule has 2 aromatic carbocycles. The first-order chi connectivity index (χ1) is 17.4. The van der Waals surface area contributed by atoms with Crippen molar-refractivity contribution >= 4 is 44.7 Å². The number of carbonyl (C=O) groups excluding carboxylic acids is 2. The van der Waals surface area contributed by atoms with E-state index in [1.165, 1.54) is 32.2 Å². The van der Waals surface area contributed by atoms with Crippen LogP contribution in [0, 0.1) is 6.92 Å². The molecule has 4 rings (SSSR count). The highest BCUT2D eigenvalue weighted by Gasteiger charge is 2.21. The van der Waals surface area contributed by atoms with Crippen molar-refractivity contribution in [2.45, 2.75) is 13.5 Å². The van der Waals surface area contributed by atoms with Crippen LogP contribution >= 0.6 is 11.3 Å². The summed E-state index contributed by atoms with van der Waals surface area (Å²) in [6.07, 6.45) is 1.30. The van der Waals surface area contributed by atoms with Crippen LogP contribution in [0.3, 0.4) is 0 Å². The van der Waals surface area contributed by atoms with Crippen LogP contribution < -0.4 is 30.4 Å². The number of aryl methyl sites for hydroxylation is 1. The van der Waals surface area contributed by atoms with Crippen LogP contribution in [0.5, 0.6) is 17.2 Å². The van der Waals surface area contributed by atoms with Crippen molar-refractivity contribution < 1.29 is 23.8 Å². The van der Waals surface area contributed by atoms with Crippen molar-refractivity contribution in [3.8, 4) is 17.2 Å². The Morgan fingerprint density at radius 2 is 1.69 bits per heavy atom. The van der Waals surface area contributed by atoms with Gasteiger partial charge in [0.1, 0.15) is 28.6 Å². The number of para-hydroxylation sites is 2. The Bertz CT molecular complexity index is 1510. The van der Waals surface area contributed by atoms with Gasteiger partial charge in [0, 0.05) is 6.07 Å². The summed E-state index contributed by atoms with van der Waals surface area (Å²) < 4.78 is 17.0. The number of hydrogen-bond donors (Lipinski definition) is 2. The summed E-state index contributed by atoms with van der Waals surface area (Å²) in [4.78, 5) is 43.9. The third-order valence-electron chi connectivity index (χ3n) is 5.48. The SMILES string of the molecule is COc1ccc(NC(=O)c2sc3ncn(CC(=O)Nc4ccccc4OC)c(=O)c3c2C)c(OC)c1. The highest BCUT2D eigenvalue weighted by Crippen LogP contribution is 2.32. The fourth-order valence-corrected chi connectivity index (χ4v) is 4.70. The van der Waals surface area contributed by atoms with Gasteiger partial charge >= 0.3 is 0 Å². The molecule has 0 radical (unpaired) electrons. The molecule has 36 heavy (non-hydrogen) atoms.